The fourth-order valence-electron chi connectivity index (χ4n) is 2.02. The van der Waals surface area contributed by atoms with E-state index in [2.05, 4.69) is 10.3 Å². The van der Waals surface area contributed by atoms with Gasteiger partial charge in [0.15, 0.2) is 0 Å². The summed E-state index contributed by atoms with van der Waals surface area (Å²) in [5.41, 5.74) is 0.292. The van der Waals surface area contributed by atoms with Crippen LogP contribution in [0, 0.1) is 0 Å². The highest BCUT2D eigenvalue weighted by Gasteiger charge is 2.02. The summed E-state index contributed by atoms with van der Waals surface area (Å²) in [6, 6.07) is 6.83. The van der Waals surface area contributed by atoms with E-state index in [1.165, 1.54) is 32.4 Å². The molecule has 0 spiro atoms. The lowest BCUT2D eigenvalue weighted by Gasteiger charge is -2.08. The van der Waals surface area contributed by atoms with Crippen LogP contribution < -0.4 is 5.32 Å². The molecule has 0 bridgehead atoms. The van der Waals surface area contributed by atoms with E-state index in [1.54, 1.807) is 30.6 Å². The summed E-state index contributed by atoms with van der Waals surface area (Å²) in [5.74, 6) is -0.911. The number of rotatable bonds is 1. The second-order valence-electron chi connectivity index (χ2n) is 4.55. The summed E-state index contributed by atoms with van der Waals surface area (Å²) in [6.07, 6.45) is 7.55. The molecule has 0 amide bonds. The third-order valence-corrected chi connectivity index (χ3v) is 3.09. The Bertz CT molecular complexity index is 539. The number of hydrogen-bond acceptors (Lipinski definition) is 3. The van der Waals surface area contributed by atoms with Crippen molar-refractivity contribution in [3.8, 4) is 0 Å². The standard InChI is InChI=1S/C10H7NO2.C5H11N/c12-10(13)8-2-1-7-3-4-11-6-9(7)5-8;1-2-4-6-5-3-1/h1-6H,(H,12,13);6H,1-5H2. The summed E-state index contributed by atoms with van der Waals surface area (Å²) in [7, 11) is 0. The Morgan fingerprint density at radius 2 is 1.89 bits per heavy atom. The molecular weight excluding hydrogens is 240 g/mol. The largest absolute Gasteiger partial charge is 0.478 e. The molecule has 1 aromatic carbocycles. The van der Waals surface area contributed by atoms with Crippen LogP contribution in [0.4, 0.5) is 0 Å². The summed E-state index contributed by atoms with van der Waals surface area (Å²) >= 11 is 0. The molecule has 3 rings (SSSR count). The molecule has 1 fully saturated rings. The molecule has 2 N–H and O–H groups in total. The van der Waals surface area contributed by atoms with Gasteiger partial charge in [-0.3, -0.25) is 4.98 Å². The molecule has 0 atom stereocenters. The highest BCUT2D eigenvalue weighted by Crippen LogP contribution is 2.14. The number of nitrogens with one attached hydrogen (secondary N) is 1. The minimum atomic E-state index is -0.911. The highest BCUT2D eigenvalue weighted by atomic mass is 16.4. The molecule has 1 aliphatic heterocycles. The van der Waals surface area contributed by atoms with Crippen molar-refractivity contribution in [2.24, 2.45) is 0 Å². The Morgan fingerprint density at radius 1 is 1.11 bits per heavy atom. The van der Waals surface area contributed by atoms with Gasteiger partial charge < -0.3 is 10.4 Å². The zero-order valence-electron chi connectivity index (χ0n) is 10.8. The fourth-order valence-corrected chi connectivity index (χ4v) is 2.02. The lowest BCUT2D eigenvalue weighted by molar-refractivity contribution is 0.0697. The molecule has 0 aliphatic carbocycles. The van der Waals surface area contributed by atoms with E-state index in [0.717, 1.165) is 10.8 Å². The molecule has 4 nitrogen and oxygen atoms in total. The first-order valence-electron chi connectivity index (χ1n) is 6.55. The molecule has 2 aromatic rings. The van der Waals surface area contributed by atoms with E-state index in [1.807, 2.05) is 6.07 Å². The number of pyridine rings is 1. The lowest BCUT2D eigenvalue weighted by atomic mass is 10.1. The van der Waals surface area contributed by atoms with Gasteiger partial charge in [-0.1, -0.05) is 12.5 Å². The number of carboxylic acid groups (broad SMARTS) is 1. The van der Waals surface area contributed by atoms with E-state index >= 15 is 0 Å². The Balaban J connectivity index is 0.000000186. The van der Waals surface area contributed by atoms with Crippen molar-refractivity contribution in [1.29, 1.82) is 0 Å². The third-order valence-electron chi connectivity index (χ3n) is 3.09. The summed E-state index contributed by atoms with van der Waals surface area (Å²) in [4.78, 5) is 14.5. The zero-order valence-corrected chi connectivity index (χ0v) is 10.8. The number of aromatic carboxylic acids is 1. The van der Waals surface area contributed by atoms with Gasteiger partial charge in [-0.25, -0.2) is 4.79 Å². The van der Waals surface area contributed by atoms with E-state index < -0.39 is 5.97 Å². The van der Waals surface area contributed by atoms with E-state index in [0.29, 0.717) is 5.56 Å². The van der Waals surface area contributed by atoms with Gasteiger partial charge in [-0.2, -0.15) is 0 Å². The fraction of sp³-hybridized carbons (Fsp3) is 0.333. The molecule has 1 aliphatic rings. The second-order valence-corrected chi connectivity index (χ2v) is 4.55. The topological polar surface area (TPSA) is 62.2 Å². The second kappa shape index (κ2) is 6.85. The Labute approximate surface area is 112 Å². The number of nitrogens with zero attached hydrogens (tertiary/aromatic N) is 1. The number of carbonyl (C=O) groups is 1. The first kappa shape index (κ1) is 13.5. The molecule has 2 heterocycles. The average molecular weight is 258 g/mol. The van der Waals surface area contributed by atoms with Gasteiger partial charge in [-0.15, -0.1) is 0 Å². The van der Waals surface area contributed by atoms with Crippen LogP contribution in [0.15, 0.2) is 36.7 Å². The van der Waals surface area contributed by atoms with Crippen molar-refractivity contribution < 1.29 is 9.90 Å². The third kappa shape index (κ3) is 4.03. The minimum absolute atomic E-state index is 0.292. The maximum absolute atomic E-state index is 10.6. The summed E-state index contributed by atoms with van der Waals surface area (Å²) < 4.78 is 0. The highest BCUT2D eigenvalue weighted by molar-refractivity contribution is 5.93. The van der Waals surface area contributed by atoms with Crippen molar-refractivity contribution in [3.63, 3.8) is 0 Å². The predicted molar refractivity (Wildman–Crippen MR) is 75.4 cm³/mol. The molecule has 0 unspecified atom stereocenters. The number of fused-ring (bicyclic) bond motifs is 1. The number of aromatic nitrogens is 1. The van der Waals surface area contributed by atoms with Crippen molar-refractivity contribution in [2.45, 2.75) is 19.3 Å². The van der Waals surface area contributed by atoms with Crippen molar-refractivity contribution >= 4 is 16.7 Å². The molecule has 1 aromatic heterocycles. The van der Waals surface area contributed by atoms with Crippen LogP contribution in [-0.4, -0.2) is 29.1 Å². The Kier molecular flexibility index (Phi) is 4.86. The van der Waals surface area contributed by atoms with Crippen LogP contribution in [0.2, 0.25) is 0 Å². The molecule has 1 saturated heterocycles. The number of piperidine rings is 1. The van der Waals surface area contributed by atoms with Gasteiger partial charge in [0.05, 0.1) is 5.56 Å². The van der Waals surface area contributed by atoms with Gasteiger partial charge in [0.25, 0.3) is 0 Å². The molecular formula is C15H18N2O2. The number of hydrogen-bond donors (Lipinski definition) is 2. The van der Waals surface area contributed by atoms with Crippen LogP contribution in [0.25, 0.3) is 10.8 Å². The summed E-state index contributed by atoms with van der Waals surface area (Å²) in [5, 5.41) is 13.9. The average Bonchev–Trinajstić information content (AvgIpc) is 2.49. The van der Waals surface area contributed by atoms with Crippen LogP contribution in [0.1, 0.15) is 29.6 Å². The maximum Gasteiger partial charge on any atom is 0.335 e. The SMILES string of the molecule is C1CCNCC1.O=C(O)c1ccc2ccncc2c1. The van der Waals surface area contributed by atoms with Gasteiger partial charge in [0, 0.05) is 17.8 Å². The molecule has 0 radical (unpaired) electrons. The quantitative estimate of drug-likeness (QED) is 0.825. The van der Waals surface area contributed by atoms with E-state index in [9.17, 15) is 4.79 Å². The van der Waals surface area contributed by atoms with Crippen molar-refractivity contribution in [3.05, 3.63) is 42.2 Å². The molecule has 100 valence electrons. The zero-order chi connectivity index (χ0) is 13.5. The summed E-state index contributed by atoms with van der Waals surface area (Å²) in [6.45, 7) is 2.50. The van der Waals surface area contributed by atoms with Crippen molar-refractivity contribution in [1.82, 2.24) is 10.3 Å². The smallest absolute Gasteiger partial charge is 0.335 e. The number of carboxylic acids is 1. The van der Waals surface area contributed by atoms with E-state index in [4.69, 9.17) is 5.11 Å². The van der Waals surface area contributed by atoms with Crippen LogP contribution >= 0.6 is 0 Å². The van der Waals surface area contributed by atoms with Gasteiger partial charge in [0.1, 0.15) is 0 Å². The Morgan fingerprint density at radius 3 is 2.47 bits per heavy atom. The van der Waals surface area contributed by atoms with Gasteiger partial charge in [0.2, 0.25) is 0 Å². The molecule has 19 heavy (non-hydrogen) atoms. The van der Waals surface area contributed by atoms with E-state index in [-0.39, 0.29) is 0 Å². The van der Waals surface area contributed by atoms with Gasteiger partial charge >= 0.3 is 5.97 Å². The van der Waals surface area contributed by atoms with Crippen LogP contribution in [0.3, 0.4) is 0 Å². The normalized spacial score (nSPS) is 14.5. The molecule has 0 saturated carbocycles. The molecule has 4 heteroatoms. The predicted octanol–water partition coefficient (Wildman–Crippen LogP) is 2.69. The lowest BCUT2D eigenvalue weighted by Crippen LogP contribution is -2.21. The minimum Gasteiger partial charge on any atom is -0.478 e. The maximum atomic E-state index is 10.6. The number of benzene rings is 1. The van der Waals surface area contributed by atoms with Crippen LogP contribution in [0.5, 0.6) is 0 Å². The monoisotopic (exact) mass is 258 g/mol. The van der Waals surface area contributed by atoms with Crippen molar-refractivity contribution in [2.75, 3.05) is 13.1 Å². The van der Waals surface area contributed by atoms with Crippen LogP contribution in [-0.2, 0) is 0 Å². The van der Waals surface area contributed by atoms with Gasteiger partial charge in [-0.05, 0) is 49.5 Å². The Hall–Kier alpha value is -1.94. The first-order chi connectivity index (χ1) is 9.27. The first-order valence-corrected chi connectivity index (χ1v) is 6.55.